The van der Waals surface area contributed by atoms with Crippen LogP contribution in [0.1, 0.15) is 46.0 Å². The number of aliphatic hydroxyl groups excluding tert-OH is 1. The molecule has 0 aromatic heterocycles. The third-order valence-electron chi connectivity index (χ3n) is 3.46. The van der Waals surface area contributed by atoms with Gasteiger partial charge in [0.25, 0.3) is 0 Å². The van der Waals surface area contributed by atoms with Crippen molar-refractivity contribution >= 4 is 0 Å². The normalized spacial score (nSPS) is 26.5. The van der Waals surface area contributed by atoms with E-state index in [0.29, 0.717) is 17.9 Å². The van der Waals surface area contributed by atoms with Crippen molar-refractivity contribution in [3.63, 3.8) is 0 Å². The summed E-state index contributed by atoms with van der Waals surface area (Å²) in [5, 5.41) is 9.05. The Morgan fingerprint density at radius 1 is 1.27 bits per heavy atom. The maximum atomic E-state index is 9.05. The van der Waals surface area contributed by atoms with E-state index < -0.39 is 0 Å². The van der Waals surface area contributed by atoms with Gasteiger partial charge in [0.1, 0.15) is 0 Å². The van der Waals surface area contributed by atoms with E-state index in [9.17, 15) is 0 Å². The van der Waals surface area contributed by atoms with Crippen LogP contribution < -0.4 is 0 Å². The molecule has 0 aromatic carbocycles. The molecule has 0 aromatic rings. The molecule has 0 heterocycles. The van der Waals surface area contributed by atoms with E-state index in [-0.39, 0.29) is 0 Å². The summed E-state index contributed by atoms with van der Waals surface area (Å²) < 4.78 is 0. The van der Waals surface area contributed by atoms with E-state index in [4.69, 9.17) is 5.11 Å². The second-order valence-electron chi connectivity index (χ2n) is 4.30. The van der Waals surface area contributed by atoms with Crippen LogP contribution in [0.5, 0.6) is 0 Å². The standard InChI is InChI=1S/C10H20O/c1-9(8-11)10(2)6-4-3-5-7-10/h9,11H,3-8H2,1-2H3. The van der Waals surface area contributed by atoms with E-state index in [1.807, 2.05) is 0 Å². The molecule has 1 fully saturated rings. The van der Waals surface area contributed by atoms with Crippen LogP contribution >= 0.6 is 0 Å². The molecule has 1 saturated carbocycles. The summed E-state index contributed by atoms with van der Waals surface area (Å²) in [5.41, 5.74) is 0.438. The highest BCUT2D eigenvalue weighted by Gasteiger charge is 2.31. The smallest absolute Gasteiger partial charge is 0.0461 e. The van der Waals surface area contributed by atoms with Crippen molar-refractivity contribution in [2.45, 2.75) is 46.0 Å². The maximum absolute atomic E-state index is 9.05. The summed E-state index contributed by atoms with van der Waals surface area (Å²) in [4.78, 5) is 0. The van der Waals surface area contributed by atoms with Gasteiger partial charge in [-0.1, -0.05) is 33.1 Å². The fraction of sp³-hybridized carbons (Fsp3) is 1.00. The molecule has 1 unspecified atom stereocenters. The predicted molar refractivity (Wildman–Crippen MR) is 47.4 cm³/mol. The molecule has 1 atom stereocenters. The van der Waals surface area contributed by atoms with Crippen molar-refractivity contribution in [3.05, 3.63) is 0 Å². The molecule has 1 N–H and O–H groups in total. The Kier molecular flexibility index (Phi) is 2.94. The monoisotopic (exact) mass is 156 g/mol. The summed E-state index contributed by atoms with van der Waals surface area (Å²) in [7, 11) is 0. The Bertz CT molecular complexity index is 114. The van der Waals surface area contributed by atoms with Gasteiger partial charge in [0.05, 0.1) is 0 Å². The zero-order chi connectivity index (χ0) is 8.32. The molecule has 0 radical (unpaired) electrons. The first-order valence-electron chi connectivity index (χ1n) is 4.80. The third kappa shape index (κ3) is 1.96. The van der Waals surface area contributed by atoms with Crippen molar-refractivity contribution in [2.24, 2.45) is 11.3 Å². The Labute approximate surface area is 69.8 Å². The summed E-state index contributed by atoms with van der Waals surface area (Å²) in [6.45, 7) is 4.86. The van der Waals surface area contributed by atoms with Crippen molar-refractivity contribution in [1.29, 1.82) is 0 Å². The van der Waals surface area contributed by atoms with Crippen LogP contribution in [0.3, 0.4) is 0 Å². The zero-order valence-electron chi connectivity index (χ0n) is 7.77. The van der Waals surface area contributed by atoms with Crippen LogP contribution in [0.2, 0.25) is 0 Å². The summed E-state index contributed by atoms with van der Waals surface area (Å²) in [6, 6.07) is 0. The Morgan fingerprint density at radius 2 is 1.82 bits per heavy atom. The SMILES string of the molecule is CC(CO)C1(C)CCCCC1. The minimum absolute atomic E-state index is 0.358. The molecule has 1 nitrogen and oxygen atoms in total. The van der Waals surface area contributed by atoms with Gasteiger partial charge in [-0.2, -0.15) is 0 Å². The summed E-state index contributed by atoms with van der Waals surface area (Å²) in [5.74, 6) is 0.489. The molecular weight excluding hydrogens is 136 g/mol. The van der Waals surface area contributed by atoms with Crippen LogP contribution in [0.25, 0.3) is 0 Å². The molecule has 1 rings (SSSR count). The Hall–Kier alpha value is -0.0400. The van der Waals surface area contributed by atoms with Crippen LogP contribution in [-0.2, 0) is 0 Å². The molecule has 0 bridgehead atoms. The topological polar surface area (TPSA) is 20.2 Å². The lowest BCUT2D eigenvalue weighted by atomic mass is 9.68. The summed E-state index contributed by atoms with van der Waals surface area (Å²) in [6.07, 6.45) is 6.75. The minimum atomic E-state index is 0.358. The molecule has 0 spiro atoms. The fourth-order valence-corrected chi connectivity index (χ4v) is 2.07. The van der Waals surface area contributed by atoms with Crippen LogP contribution in [0.4, 0.5) is 0 Å². The van der Waals surface area contributed by atoms with Crippen molar-refractivity contribution in [2.75, 3.05) is 6.61 Å². The average molecular weight is 156 g/mol. The summed E-state index contributed by atoms with van der Waals surface area (Å²) >= 11 is 0. The van der Waals surface area contributed by atoms with Gasteiger partial charge in [-0.05, 0) is 24.2 Å². The van der Waals surface area contributed by atoms with Crippen molar-refractivity contribution in [1.82, 2.24) is 0 Å². The van der Waals surface area contributed by atoms with Crippen molar-refractivity contribution in [3.8, 4) is 0 Å². The van der Waals surface area contributed by atoms with Gasteiger partial charge >= 0.3 is 0 Å². The predicted octanol–water partition coefficient (Wildman–Crippen LogP) is 2.59. The second-order valence-corrected chi connectivity index (χ2v) is 4.30. The van der Waals surface area contributed by atoms with Gasteiger partial charge in [-0.15, -0.1) is 0 Å². The molecule has 1 heteroatoms. The first kappa shape index (κ1) is 9.05. The van der Waals surface area contributed by atoms with Gasteiger partial charge in [0, 0.05) is 6.61 Å². The van der Waals surface area contributed by atoms with Gasteiger partial charge in [0.15, 0.2) is 0 Å². The molecule has 0 aliphatic heterocycles. The zero-order valence-corrected chi connectivity index (χ0v) is 7.77. The molecule has 0 saturated heterocycles. The van der Waals surface area contributed by atoms with Gasteiger partial charge in [0.2, 0.25) is 0 Å². The van der Waals surface area contributed by atoms with E-state index in [1.165, 1.54) is 32.1 Å². The largest absolute Gasteiger partial charge is 0.396 e. The first-order valence-corrected chi connectivity index (χ1v) is 4.80. The van der Waals surface area contributed by atoms with E-state index in [1.54, 1.807) is 0 Å². The number of rotatable bonds is 2. The van der Waals surface area contributed by atoms with Gasteiger partial charge in [-0.25, -0.2) is 0 Å². The number of hydrogen-bond acceptors (Lipinski definition) is 1. The lowest BCUT2D eigenvalue weighted by Gasteiger charge is -2.38. The third-order valence-corrected chi connectivity index (χ3v) is 3.46. The molecule has 66 valence electrons. The fourth-order valence-electron chi connectivity index (χ4n) is 2.07. The second kappa shape index (κ2) is 3.57. The highest BCUT2D eigenvalue weighted by atomic mass is 16.3. The molecule has 1 aliphatic carbocycles. The Balaban J connectivity index is 2.49. The lowest BCUT2D eigenvalue weighted by Crippen LogP contribution is -2.30. The number of hydrogen-bond donors (Lipinski definition) is 1. The average Bonchev–Trinajstić information content (AvgIpc) is 2.04. The highest BCUT2D eigenvalue weighted by Crippen LogP contribution is 2.41. The molecule has 11 heavy (non-hydrogen) atoms. The van der Waals surface area contributed by atoms with E-state index in [2.05, 4.69) is 13.8 Å². The van der Waals surface area contributed by atoms with Gasteiger partial charge in [-0.3, -0.25) is 0 Å². The maximum Gasteiger partial charge on any atom is 0.0461 e. The first-order chi connectivity index (χ1) is 5.19. The lowest BCUT2D eigenvalue weighted by molar-refractivity contribution is 0.0777. The van der Waals surface area contributed by atoms with Crippen LogP contribution in [0.15, 0.2) is 0 Å². The van der Waals surface area contributed by atoms with E-state index >= 15 is 0 Å². The van der Waals surface area contributed by atoms with E-state index in [0.717, 1.165) is 0 Å². The molecular formula is C10H20O. The van der Waals surface area contributed by atoms with Crippen LogP contribution in [0, 0.1) is 11.3 Å². The van der Waals surface area contributed by atoms with Crippen LogP contribution in [-0.4, -0.2) is 11.7 Å². The Morgan fingerprint density at radius 3 is 2.27 bits per heavy atom. The molecule has 1 aliphatic rings. The highest BCUT2D eigenvalue weighted by molar-refractivity contribution is 4.82. The quantitative estimate of drug-likeness (QED) is 0.651. The van der Waals surface area contributed by atoms with Gasteiger partial charge < -0.3 is 5.11 Å². The minimum Gasteiger partial charge on any atom is -0.396 e. The molecule has 0 amide bonds. The number of aliphatic hydroxyl groups is 1. The van der Waals surface area contributed by atoms with Crippen molar-refractivity contribution < 1.29 is 5.11 Å².